The summed E-state index contributed by atoms with van der Waals surface area (Å²) in [6.07, 6.45) is 2.54. The number of thiophene rings is 1. The first-order valence-electron chi connectivity index (χ1n) is 9.14. The molecular weight excluding hydrogens is 390 g/mol. The van der Waals surface area contributed by atoms with Gasteiger partial charge < -0.3 is 5.32 Å². The summed E-state index contributed by atoms with van der Waals surface area (Å²) in [6, 6.07) is 11.6. The van der Waals surface area contributed by atoms with Gasteiger partial charge in [-0.3, -0.25) is 14.2 Å². The molecule has 1 aromatic carbocycles. The molecule has 0 fully saturated rings. The van der Waals surface area contributed by atoms with Gasteiger partial charge in [0.15, 0.2) is 5.16 Å². The Hall–Kier alpha value is -2.38. The molecule has 3 rings (SSSR count). The minimum atomic E-state index is -0.0960. The molecule has 2 heterocycles. The quantitative estimate of drug-likeness (QED) is 0.342. The number of carbonyl (C=O) groups excluding carboxylic acids is 1. The number of rotatable bonds is 8. The summed E-state index contributed by atoms with van der Waals surface area (Å²) in [5.41, 5.74) is 0.969. The zero-order valence-electron chi connectivity index (χ0n) is 16.0. The average Bonchev–Trinajstić information content (AvgIpc) is 3.13. The zero-order valence-corrected chi connectivity index (χ0v) is 17.6. The van der Waals surface area contributed by atoms with Gasteiger partial charge in [0.05, 0.1) is 17.2 Å². The molecule has 0 unspecified atom stereocenters. The Labute approximate surface area is 172 Å². The highest BCUT2D eigenvalue weighted by molar-refractivity contribution is 7.99. The predicted molar refractivity (Wildman–Crippen MR) is 117 cm³/mol. The molecule has 28 heavy (non-hydrogen) atoms. The van der Waals surface area contributed by atoms with Gasteiger partial charge in [-0.1, -0.05) is 55.1 Å². The Morgan fingerprint density at radius 2 is 2.14 bits per heavy atom. The topological polar surface area (TPSA) is 64.0 Å². The molecule has 0 aliphatic heterocycles. The maximum absolute atomic E-state index is 12.8. The summed E-state index contributed by atoms with van der Waals surface area (Å²) < 4.78 is 1.58. The zero-order chi connectivity index (χ0) is 20.1. The third kappa shape index (κ3) is 4.54. The van der Waals surface area contributed by atoms with E-state index in [-0.39, 0.29) is 23.3 Å². The van der Waals surface area contributed by atoms with E-state index in [4.69, 9.17) is 0 Å². The van der Waals surface area contributed by atoms with Crippen molar-refractivity contribution < 1.29 is 4.79 Å². The van der Waals surface area contributed by atoms with E-state index in [1.807, 2.05) is 43.3 Å². The molecule has 2 aromatic heterocycles. The highest BCUT2D eigenvalue weighted by Gasteiger charge is 2.16. The minimum absolute atomic E-state index is 0.0792. The van der Waals surface area contributed by atoms with Gasteiger partial charge in [0, 0.05) is 11.4 Å². The van der Waals surface area contributed by atoms with Crippen LogP contribution in [0.3, 0.4) is 0 Å². The molecule has 0 aliphatic rings. The van der Waals surface area contributed by atoms with Crippen molar-refractivity contribution >= 4 is 39.2 Å². The summed E-state index contributed by atoms with van der Waals surface area (Å²) in [5, 5.41) is 4.17. The van der Waals surface area contributed by atoms with Crippen LogP contribution in [0.25, 0.3) is 10.2 Å². The van der Waals surface area contributed by atoms with Crippen molar-refractivity contribution in [3.8, 4) is 0 Å². The van der Waals surface area contributed by atoms with Gasteiger partial charge in [-0.2, -0.15) is 0 Å². The van der Waals surface area contributed by atoms with Crippen LogP contribution < -0.4 is 10.9 Å². The number of hydrogen-bond donors (Lipinski definition) is 1. The fraction of sp³-hybridized carbons (Fsp3) is 0.286. The number of hydrogen-bond acceptors (Lipinski definition) is 5. The number of allylic oxidation sites excluding steroid dienone is 1. The third-order valence-corrected chi connectivity index (χ3v) is 6.49. The van der Waals surface area contributed by atoms with Gasteiger partial charge in [-0.25, -0.2) is 4.98 Å². The fourth-order valence-electron chi connectivity index (χ4n) is 2.86. The van der Waals surface area contributed by atoms with E-state index in [9.17, 15) is 9.59 Å². The van der Waals surface area contributed by atoms with Gasteiger partial charge in [-0.05, 0) is 25.0 Å². The van der Waals surface area contributed by atoms with Crippen LogP contribution in [0.4, 0.5) is 0 Å². The molecule has 0 bridgehead atoms. The first-order valence-corrected chi connectivity index (χ1v) is 10.9. The van der Waals surface area contributed by atoms with Crippen LogP contribution in [-0.2, 0) is 17.8 Å². The second-order valence-electron chi connectivity index (χ2n) is 6.37. The van der Waals surface area contributed by atoms with E-state index >= 15 is 0 Å². The highest BCUT2D eigenvalue weighted by atomic mass is 32.2. The number of benzene rings is 1. The minimum Gasteiger partial charge on any atom is -0.349 e. The van der Waals surface area contributed by atoms with Crippen molar-refractivity contribution in [3.63, 3.8) is 0 Å². The van der Waals surface area contributed by atoms with Gasteiger partial charge in [0.1, 0.15) is 4.83 Å². The molecule has 0 aliphatic carbocycles. The first kappa shape index (κ1) is 20.4. The predicted octanol–water partition coefficient (Wildman–Crippen LogP) is 4.18. The van der Waals surface area contributed by atoms with E-state index in [0.29, 0.717) is 17.1 Å². The summed E-state index contributed by atoms with van der Waals surface area (Å²) in [7, 11) is 0. The average molecular weight is 414 g/mol. The number of nitrogens with zero attached hydrogens (tertiary/aromatic N) is 2. The van der Waals surface area contributed by atoms with Crippen LogP contribution in [0, 0.1) is 0 Å². The molecule has 0 radical (unpaired) electrons. The number of aromatic nitrogens is 2. The SMILES string of the molecule is C=CCn1c(SCC(=O)N[C@H](C)c2ccccc2)nc2sc(CC)cc2c1=O. The molecule has 0 saturated carbocycles. The molecular formula is C21H23N3O2S2. The molecule has 146 valence electrons. The highest BCUT2D eigenvalue weighted by Crippen LogP contribution is 2.25. The number of thioether (sulfide) groups is 1. The number of aryl methyl sites for hydroxylation is 1. The Bertz CT molecular complexity index is 1040. The smallest absolute Gasteiger partial charge is 0.263 e. The van der Waals surface area contributed by atoms with Crippen molar-refractivity contribution in [3.05, 3.63) is 69.8 Å². The van der Waals surface area contributed by atoms with Crippen LogP contribution in [0.15, 0.2) is 59.0 Å². The fourth-order valence-corrected chi connectivity index (χ4v) is 4.69. The number of fused-ring (bicyclic) bond motifs is 1. The van der Waals surface area contributed by atoms with E-state index < -0.39 is 0 Å². The van der Waals surface area contributed by atoms with Gasteiger partial charge >= 0.3 is 0 Å². The van der Waals surface area contributed by atoms with Gasteiger partial charge in [0.2, 0.25) is 5.91 Å². The lowest BCUT2D eigenvalue weighted by Crippen LogP contribution is -2.29. The Kier molecular flexibility index (Phi) is 6.70. The van der Waals surface area contributed by atoms with E-state index in [0.717, 1.165) is 21.7 Å². The summed E-state index contributed by atoms with van der Waals surface area (Å²) in [6.45, 7) is 8.11. The van der Waals surface area contributed by atoms with Crippen LogP contribution in [-0.4, -0.2) is 21.2 Å². The molecule has 7 heteroatoms. The van der Waals surface area contributed by atoms with Crippen LogP contribution in [0.1, 0.15) is 30.3 Å². The Morgan fingerprint density at radius 3 is 2.82 bits per heavy atom. The molecule has 3 aromatic rings. The largest absolute Gasteiger partial charge is 0.349 e. The van der Waals surface area contributed by atoms with Crippen LogP contribution in [0.5, 0.6) is 0 Å². The van der Waals surface area contributed by atoms with E-state index in [2.05, 4.69) is 23.8 Å². The van der Waals surface area contributed by atoms with Crippen molar-refractivity contribution in [1.82, 2.24) is 14.9 Å². The number of carbonyl (C=O) groups is 1. The standard InChI is InChI=1S/C21H23N3O2S2/c1-4-11-24-20(26)17-12-16(5-2)28-19(17)23-21(24)27-13-18(25)22-14(3)15-9-7-6-8-10-15/h4,6-10,12,14H,1,5,11,13H2,2-3H3,(H,22,25)/t14-/m1/s1. The van der Waals surface area contributed by atoms with Crippen molar-refractivity contribution in [2.45, 2.75) is 38.0 Å². The lowest BCUT2D eigenvalue weighted by molar-refractivity contribution is -0.119. The number of amides is 1. The van der Waals surface area contributed by atoms with Gasteiger partial charge in [0.25, 0.3) is 5.56 Å². The molecule has 1 N–H and O–H groups in total. The van der Waals surface area contributed by atoms with Crippen molar-refractivity contribution in [2.75, 3.05) is 5.75 Å². The molecule has 1 atom stereocenters. The summed E-state index contributed by atoms with van der Waals surface area (Å²) in [4.78, 5) is 31.7. The first-order chi connectivity index (χ1) is 13.5. The second-order valence-corrected chi connectivity index (χ2v) is 8.43. The number of nitrogens with one attached hydrogen (secondary N) is 1. The van der Waals surface area contributed by atoms with E-state index in [1.54, 1.807) is 10.6 Å². The van der Waals surface area contributed by atoms with Crippen molar-refractivity contribution in [2.24, 2.45) is 0 Å². The monoisotopic (exact) mass is 413 g/mol. The lowest BCUT2D eigenvalue weighted by atomic mass is 10.1. The molecule has 5 nitrogen and oxygen atoms in total. The molecule has 0 saturated heterocycles. The second kappa shape index (κ2) is 9.21. The Balaban J connectivity index is 1.77. The lowest BCUT2D eigenvalue weighted by Gasteiger charge is -2.14. The third-order valence-electron chi connectivity index (χ3n) is 4.34. The Morgan fingerprint density at radius 1 is 1.39 bits per heavy atom. The normalized spacial score (nSPS) is 12.1. The van der Waals surface area contributed by atoms with Crippen molar-refractivity contribution in [1.29, 1.82) is 0 Å². The molecule has 1 amide bonds. The maximum atomic E-state index is 12.8. The van der Waals surface area contributed by atoms with E-state index in [1.165, 1.54) is 23.1 Å². The summed E-state index contributed by atoms with van der Waals surface area (Å²) in [5.74, 6) is 0.0967. The molecule has 0 spiro atoms. The maximum Gasteiger partial charge on any atom is 0.263 e. The van der Waals surface area contributed by atoms with Gasteiger partial charge in [-0.15, -0.1) is 17.9 Å². The van der Waals surface area contributed by atoms with Crippen LogP contribution >= 0.6 is 23.1 Å². The van der Waals surface area contributed by atoms with Crippen LogP contribution in [0.2, 0.25) is 0 Å². The summed E-state index contributed by atoms with van der Waals surface area (Å²) >= 11 is 2.81.